The van der Waals surface area contributed by atoms with Crippen molar-refractivity contribution in [3.8, 4) is 6.07 Å². The summed E-state index contributed by atoms with van der Waals surface area (Å²) in [5.41, 5.74) is 0. The van der Waals surface area contributed by atoms with Gasteiger partial charge in [-0.15, -0.1) is 6.58 Å². The molecule has 0 bridgehead atoms. The van der Waals surface area contributed by atoms with Crippen molar-refractivity contribution in [3.63, 3.8) is 0 Å². The van der Waals surface area contributed by atoms with E-state index in [0.29, 0.717) is 0 Å². The van der Waals surface area contributed by atoms with E-state index in [4.69, 9.17) is 5.26 Å². The molecule has 1 N–H and O–H groups in total. The number of rotatable bonds is 0. The maximum atomic E-state index is 7.89. The standard InChI is InChI=1S/C3H4N2.C3H6/c4-1-3-2-5-3;1-3-2/h3,5H,2H2;3H,1H2,2H3. The third-order valence-corrected chi connectivity index (χ3v) is 0.564. The largest absolute Gasteiger partial charge is 0.298 e. The molecule has 0 aromatic carbocycles. The average molecular weight is 110 g/mol. The summed E-state index contributed by atoms with van der Waals surface area (Å²) in [5, 5.41) is 10.7. The van der Waals surface area contributed by atoms with Gasteiger partial charge in [0.15, 0.2) is 0 Å². The van der Waals surface area contributed by atoms with E-state index >= 15 is 0 Å². The molecule has 0 saturated carbocycles. The number of nitrogens with one attached hydrogen (secondary N) is 1. The van der Waals surface area contributed by atoms with Gasteiger partial charge >= 0.3 is 0 Å². The average Bonchev–Trinajstić information content (AvgIpc) is 2.48. The van der Waals surface area contributed by atoms with Gasteiger partial charge in [0.25, 0.3) is 0 Å². The van der Waals surface area contributed by atoms with Crippen molar-refractivity contribution in [2.45, 2.75) is 13.0 Å². The first-order valence-electron chi connectivity index (χ1n) is 2.55. The van der Waals surface area contributed by atoms with Gasteiger partial charge in [0.05, 0.1) is 6.07 Å². The Bertz CT molecular complexity index is 97.6. The maximum absolute atomic E-state index is 7.89. The third-order valence-electron chi connectivity index (χ3n) is 0.564. The van der Waals surface area contributed by atoms with Gasteiger partial charge in [-0.2, -0.15) is 5.26 Å². The van der Waals surface area contributed by atoms with Crippen molar-refractivity contribution in [2.24, 2.45) is 0 Å². The van der Waals surface area contributed by atoms with Crippen LogP contribution in [0.5, 0.6) is 0 Å². The van der Waals surface area contributed by atoms with E-state index in [1.54, 1.807) is 6.08 Å². The second-order valence-electron chi connectivity index (χ2n) is 1.50. The van der Waals surface area contributed by atoms with Gasteiger partial charge in [-0.05, 0) is 6.92 Å². The van der Waals surface area contributed by atoms with Gasteiger partial charge in [0, 0.05) is 6.54 Å². The van der Waals surface area contributed by atoms with Crippen LogP contribution in [0.15, 0.2) is 12.7 Å². The molecule has 1 unspecified atom stereocenters. The topological polar surface area (TPSA) is 45.7 Å². The van der Waals surface area contributed by atoms with Crippen molar-refractivity contribution >= 4 is 0 Å². The minimum absolute atomic E-state index is 0.190. The van der Waals surface area contributed by atoms with E-state index in [9.17, 15) is 0 Å². The second-order valence-corrected chi connectivity index (χ2v) is 1.50. The first-order valence-corrected chi connectivity index (χ1v) is 2.55. The number of hydrogen-bond acceptors (Lipinski definition) is 2. The molecular weight excluding hydrogens is 100 g/mol. The van der Waals surface area contributed by atoms with Crippen LogP contribution in [0.1, 0.15) is 6.92 Å². The highest BCUT2D eigenvalue weighted by molar-refractivity contribution is 5.02. The molecule has 0 amide bonds. The van der Waals surface area contributed by atoms with Crippen LogP contribution in [0.4, 0.5) is 0 Å². The molecule has 1 rings (SSSR count). The summed E-state index contributed by atoms with van der Waals surface area (Å²) in [4.78, 5) is 0. The number of nitriles is 1. The maximum Gasteiger partial charge on any atom is 0.108 e. The molecule has 1 aliphatic rings. The molecule has 0 aromatic rings. The molecule has 0 spiro atoms. The van der Waals surface area contributed by atoms with E-state index in [-0.39, 0.29) is 6.04 Å². The summed E-state index contributed by atoms with van der Waals surface area (Å²) in [6.45, 7) is 6.15. The molecule has 1 heterocycles. The molecule has 0 aromatic heterocycles. The Morgan fingerprint density at radius 1 is 2.00 bits per heavy atom. The molecule has 8 heavy (non-hydrogen) atoms. The third kappa shape index (κ3) is 5.19. The van der Waals surface area contributed by atoms with Crippen LogP contribution in [-0.2, 0) is 0 Å². The Balaban J connectivity index is 0.000000145. The molecule has 44 valence electrons. The van der Waals surface area contributed by atoms with Crippen molar-refractivity contribution in [3.05, 3.63) is 12.7 Å². The summed E-state index contributed by atoms with van der Waals surface area (Å²) >= 11 is 0. The van der Waals surface area contributed by atoms with Gasteiger partial charge in [-0.1, -0.05) is 6.08 Å². The smallest absolute Gasteiger partial charge is 0.108 e. The van der Waals surface area contributed by atoms with Crippen LogP contribution in [0.25, 0.3) is 0 Å². The fourth-order valence-corrected chi connectivity index (χ4v) is 0.150. The fourth-order valence-electron chi connectivity index (χ4n) is 0.150. The van der Waals surface area contributed by atoms with E-state index < -0.39 is 0 Å². The lowest BCUT2D eigenvalue weighted by Gasteiger charge is -1.51. The molecule has 2 heteroatoms. The number of nitrogens with zero attached hydrogens (tertiary/aromatic N) is 1. The number of hydrogen-bond donors (Lipinski definition) is 1. The zero-order valence-corrected chi connectivity index (χ0v) is 5.02. The Kier molecular flexibility index (Phi) is 3.91. The predicted molar refractivity (Wildman–Crippen MR) is 33.3 cm³/mol. The van der Waals surface area contributed by atoms with Crippen LogP contribution < -0.4 is 5.32 Å². The summed E-state index contributed by atoms with van der Waals surface area (Å²) in [5.74, 6) is 0. The Hall–Kier alpha value is -0.810. The highest BCUT2D eigenvalue weighted by Gasteiger charge is 2.17. The molecule has 2 nitrogen and oxygen atoms in total. The fraction of sp³-hybridized carbons (Fsp3) is 0.500. The summed E-state index contributed by atoms with van der Waals surface area (Å²) in [7, 11) is 0. The lowest BCUT2D eigenvalue weighted by atomic mass is 10.6. The zero-order valence-electron chi connectivity index (χ0n) is 5.02. The summed E-state index contributed by atoms with van der Waals surface area (Å²) in [6.07, 6.45) is 1.75. The molecular formula is C6H10N2. The van der Waals surface area contributed by atoms with Gasteiger partial charge in [-0.25, -0.2) is 0 Å². The van der Waals surface area contributed by atoms with Crippen LogP contribution in [0, 0.1) is 11.3 Å². The molecule has 0 radical (unpaired) electrons. The van der Waals surface area contributed by atoms with Crippen LogP contribution in [-0.4, -0.2) is 12.6 Å². The van der Waals surface area contributed by atoms with Gasteiger partial charge < -0.3 is 0 Å². The number of allylic oxidation sites excluding steroid dienone is 1. The molecule has 1 aliphatic heterocycles. The van der Waals surface area contributed by atoms with Crippen molar-refractivity contribution in [1.29, 1.82) is 5.26 Å². The molecule has 1 fully saturated rings. The monoisotopic (exact) mass is 110 g/mol. The van der Waals surface area contributed by atoms with Gasteiger partial charge in [0.2, 0.25) is 0 Å². The highest BCUT2D eigenvalue weighted by Crippen LogP contribution is 1.89. The predicted octanol–water partition coefficient (Wildman–Crippen LogP) is 0.674. The van der Waals surface area contributed by atoms with Crippen LogP contribution >= 0.6 is 0 Å². The highest BCUT2D eigenvalue weighted by atomic mass is 15.1. The van der Waals surface area contributed by atoms with Crippen molar-refractivity contribution in [2.75, 3.05) is 6.54 Å². The van der Waals surface area contributed by atoms with E-state index in [2.05, 4.69) is 11.9 Å². The Morgan fingerprint density at radius 3 is 2.38 bits per heavy atom. The van der Waals surface area contributed by atoms with E-state index in [1.165, 1.54) is 0 Å². The quantitative estimate of drug-likeness (QED) is 0.368. The summed E-state index contributed by atoms with van der Waals surface area (Å²) in [6, 6.07) is 2.22. The Morgan fingerprint density at radius 2 is 2.38 bits per heavy atom. The van der Waals surface area contributed by atoms with E-state index in [1.807, 2.05) is 13.0 Å². The van der Waals surface area contributed by atoms with Gasteiger partial charge in [0.1, 0.15) is 6.04 Å². The minimum Gasteiger partial charge on any atom is -0.298 e. The molecule has 0 aliphatic carbocycles. The van der Waals surface area contributed by atoms with Crippen LogP contribution in [0.3, 0.4) is 0 Å². The first-order chi connectivity index (χ1) is 3.85. The Labute approximate surface area is 49.8 Å². The van der Waals surface area contributed by atoms with Crippen LogP contribution in [0.2, 0.25) is 0 Å². The SMILES string of the molecule is C=CC.N#CC1CN1. The van der Waals surface area contributed by atoms with E-state index in [0.717, 1.165) is 6.54 Å². The summed E-state index contributed by atoms with van der Waals surface area (Å²) < 4.78 is 0. The minimum atomic E-state index is 0.190. The van der Waals surface area contributed by atoms with Crippen molar-refractivity contribution < 1.29 is 0 Å². The second kappa shape index (κ2) is 4.35. The first kappa shape index (κ1) is 7.19. The lowest BCUT2D eigenvalue weighted by molar-refractivity contribution is 1.21. The normalized spacial score (nSPS) is 21.8. The van der Waals surface area contributed by atoms with Gasteiger partial charge in [-0.3, -0.25) is 5.32 Å². The molecule has 1 atom stereocenters. The molecule has 1 saturated heterocycles. The lowest BCUT2D eigenvalue weighted by Crippen LogP contribution is -1.78. The zero-order chi connectivity index (χ0) is 6.41. The van der Waals surface area contributed by atoms with Crippen molar-refractivity contribution in [1.82, 2.24) is 5.32 Å².